The Hall–Kier alpha value is -1.28. The van der Waals surface area contributed by atoms with Gasteiger partial charge in [0.05, 0.1) is 0 Å². The van der Waals surface area contributed by atoms with Crippen LogP contribution in [0, 0.1) is 5.92 Å². The van der Waals surface area contributed by atoms with Crippen molar-refractivity contribution in [3.05, 3.63) is 36.0 Å². The highest BCUT2D eigenvalue weighted by atomic mass is 16.3. The van der Waals surface area contributed by atoms with Crippen LogP contribution in [0.1, 0.15) is 18.9 Å². The largest absolute Gasteiger partial charge is 0.396 e. The smallest absolute Gasteiger partial charge is 0.0462 e. The minimum absolute atomic E-state index is 0.274. The molecule has 1 aromatic heterocycles. The van der Waals surface area contributed by atoms with Gasteiger partial charge in [-0.2, -0.15) is 0 Å². The molecule has 80 valence electrons. The summed E-state index contributed by atoms with van der Waals surface area (Å²) in [6.07, 6.45) is 4.04. The Labute approximate surface area is 89.9 Å². The van der Waals surface area contributed by atoms with E-state index in [0.717, 1.165) is 12.8 Å². The number of H-pyrrole nitrogens is 1. The van der Waals surface area contributed by atoms with Crippen LogP contribution in [-0.2, 0) is 6.42 Å². The zero-order valence-electron chi connectivity index (χ0n) is 9.03. The molecule has 2 nitrogen and oxygen atoms in total. The van der Waals surface area contributed by atoms with Crippen molar-refractivity contribution in [3.8, 4) is 0 Å². The van der Waals surface area contributed by atoms with E-state index in [4.69, 9.17) is 0 Å². The number of aromatic amines is 1. The molecular formula is C13H17NO. The number of hydrogen-bond acceptors (Lipinski definition) is 1. The predicted octanol–water partition coefficient (Wildman–Crippen LogP) is 2.73. The van der Waals surface area contributed by atoms with Gasteiger partial charge in [-0.15, -0.1) is 0 Å². The Bertz CT molecular complexity index is 429. The first-order valence-corrected chi connectivity index (χ1v) is 5.51. The maximum Gasteiger partial charge on any atom is 0.0462 e. The molecule has 1 heterocycles. The van der Waals surface area contributed by atoms with E-state index in [-0.39, 0.29) is 6.61 Å². The van der Waals surface area contributed by atoms with Crippen LogP contribution in [0.15, 0.2) is 30.5 Å². The summed E-state index contributed by atoms with van der Waals surface area (Å²) in [6, 6.07) is 8.30. The fraction of sp³-hybridized carbons (Fsp3) is 0.385. The van der Waals surface area contributed by atoms with Crippen LogP contribution in [0.3, 0.4) is 0 Å². The van der Waals surface area contributed by atoms with Crippen LogP contribution in [-0.4, -0.2) is 16.7 Å². The summed E-state index contributed by atoms with van der Waals surface area (Å²) in [4.78, 5) is 3.26. The molecule has 1 unspecified atom stereocenters. The Morgan fingerprint density at radius 1 is 1.33 bits per heavy atom. The minimum atomic E-state index is 0.274. The van der Waals surface area contributed by atoms with Gasteiger partial charge in [-0.25, -0.2) is 0 Å². The van der Waals surface area contributed by atoms with Gasteiger partial charge < -0.3 is 10.1 Å². The first kappa shape index (κ1) is 10.2. The lowest BCUT2D eigenvalue weighted by atomic mass is 9.97. The average molecular weight is 203 g/mol. The summed E-state index contributed by atoms with van der Waals surface area (Å²) in [5.41, 5.74) is 2.49. The van der Waals surface area contributed by atoms with E-state index in [9.17, 15) is 5.11 Å². The second kappa shape index (κ2) is 4.49. The number of nitrogens with one attached hydrogen (secondary N) is 1. The van der Waals surface area contributed by atoms with Gasteiger partial charge in [0, 0.05) is 23.7 Å². The molecular weight excluding hydrogens is 186 g/mol. The van der Waals surface area contributed by atoms with Crippen molar-refractivity contribution in [2.75, 3.05) is 6.61 Å². The Morgan fingerprint density at radius 3 is 2.87 bits per heavy atom. The lowest BCUT2D eigenvalue weighted by Gasteiger charge is -2.09. The third-order valence-electron chi connectivity index (χ3n) is 3.02. The van der Waals surface area contributed by atoms with E-state index in [1.165, 1.54) is 16.5 Å². The van der Waals surface area contributed by atoms with Gasteiger partial charge in [0.25, 0.3) is 0 Å². The van der Waals surface area contributed by atoms with Crippen molar-refractivity contribution in [2.45, 2.75) is 19.8 Å². The molecule has 0 radical (unpaired) electrons. The van der Waals surface area contributed by atoms with E-state index >= 15 is 0 Å². The van der Waals surface area contributed by atoms with Crippen LogP contribution in [0.2, 0.25) is 0 Å². The second-order valence-corrected chi connectivity index (χ2v) is 4.02. The highest BCUT2D eigenvalue weighted by molar-refractivity contribution is 5.83. The highest BCUT2D eigenvalue weighted by Crippen LogP contribution is 2.21. The number of aromatic nitrogens is 1. The van der Waals surface area contributed by atoms with Crippen LogP contribution in [0.4, 0.5) is 0 Å². The molecule has 0 aliphatic carbocycles. The summed E-state index contributed by atoms with van der Waals surface area (Å²) in [7, 11) is 0. The van der Waals surface area contributed by atoms with Crippen LogP contribution in [0.5, 0.6) is 0 Å². The van der Waals surface area contributed by atoms with Crippen molar-refractivity contribution in [1.82, 2.24) is 4.98 Å². The molecule has 0 bridgehead atoms. The molecule has 15 heavy (non-hydrogen) atoms. The number of rotatable bonds is 4. The molecule has 0 saturated carbocycles. The maximum absolute atomic E-state index is 9.19. The number of aliphatic hydroxyl groups is 1. The fourth-order valence-corrected chi connectivity index (χ4v) is 1.95. The monoisotopic (exact) mass is 203 g/mol. The van der Waals surface area contributed by atoms with Gasteiger partial charge in [-0.3, -0.25) is 0 Å². The van der Waals surface area contributed by atoms with Crippen molar-refractivity contribution >= 4 is 10.9 Å². The third-order valence-corrected chi connectivity index (χ3v) is 3.02. The van der Waals surface area contributed by atoms with E-state index in [1.54, 1.807) is 0 Å². The van der Waals surface area contributed by atoms with E-state index < -0.39 is 0 Å². The first-order valence-electron chi connectivity index (χ1n) is 5.51. The van der Waals surface area contributed by atoms with Crippen molar-refractivity contribution in [3.63, 3.8) is 0 Å². The minimum Gasteiger partial charge on any atom is -0.396 e. The third kappa shape index (κ3) is 2.05. The predicted molar refractivity (Wildman–Crippen MR) is 62.9 cm³/mol. The van der Waals surface area contributed by atoms with Gasteiger partial charge in [-0.1, -0.05) is 31.5 Å². The molecule has 0 saturated heterocycles. The normalized spacial score (nSPS) is 13.2. The van der Waals surface area contributed by atoms with E-state index in [1.807, 2.05) is 6.07 Å². The lowest BCUT2D eigenvalue weighted by molar-refractivity contribution is 0.222. The second-order valence-electron chi connectivity index (χ2n) is 4.02. The average Bonchev–Trinajstić information content (AvgIpc) is 2.69. The maximum atomic E-state index is 9.19. The number of aliphatic hydroxyl groups excluding tert-OH is 1. The Kier molecular flexibility index (Phi) is 3.07. The van der Waals surface area contributed by atoms with Gasteiger partial charge >= 0.3 is 0 Å². The summed E-state index contributed by atoms with van der Waals surface area (Å²) in [5, 5.41) is 10.5. The molecule has 0 fully saturated rings. The number of fused-ring (bicyclic) bond motifs is 1. The van der Waals surface area contributed by atoms with Crippen LogP contribution >= 0.6 is 0 Å². The Morgan fingerprint density at radius 2 is 2.13 bits per heavy atom. The standard InChI is InChI=1S/C13H17NO/c1-2-10(9-15)7-11-8-14-13-6-4-3-5-12(11)13/h3-6,8,10,14-15H,2,7,9H2,1H3. The fourth-order valence-electron chi connectivity index (χ4n) is 1.95. The topological polar surface area (TPSA) is 36.0 Å². The summed E-state index contributed by atoms with van der Waals surface area (Å²) in [6.45, 7) is 2.39. The molecule has 1 aromatic carbocycles. The van der Waals surface area contributed by atoms with Gasteiger partial charge in [0.1, 0.15) is 0 Å². The van der Waals surface area contributed by atoms with Gasteiger partial charge in [0.15, 0.2) is 0 Å². The highest BCUT2D eigenvalue weighted by Gasteiger charge is 2.09. The van der Waals surface area contributed by atoms with Crippen LogP contribution < -0.4 is 0 Å². The molecule has 2 rings (SSSR count). The number of benzene rings is 1. The van der Waals surface area contributed by atoms with Crippen molar-refractivity contribution < 1.29 is 5.11 Å². The summed E-state index contributed by atoms with van der Waals surface area (Å²) >= 11 is 0. The first-order chi connectivity index (χ1) is 7.35. The number of hydrogen-bond donors (Lipinski definition) is 2. The molecule has 0 aliphatic rings. The Balaban J connectivity index is 2.28. The van der Waals surface area contributed by atoms with Crippen molar-refractivity contribution in [2.24, 2.45) is 5.92 Å². The van der Waals surface area contributed by atoms with Gasteiger partial charge in [-0.05, 0) is 24.0 Å². The zero-order valence-corrected chi connectivity index (χ0v) is 9.03. The van der Waals surface area contributed by atoms with E-state index in [0.29, 0.717) is 5.92 Å². The molecule has 2 heteroatoms. The molecule has 0 aliphatic heterocycles. The lowest BCUT2D eigenvalue weighted by Crippen LogP contribution is -2.07. The zero-order chi connectivity index (χ0) is 10.7. The molecule has 1 atom stereocenters. The number of para-hydroxylation sites is 1. The molecule has 0 spiro atoms. The summed E-state index contributed by atoms with van der Waals surface area (Å²) in [5.74, 6) is 0.379. The molecule has 2 aromatic rings. The quantitative estimate of drug-likeness (QED) is 0.787. The molecule has 0 amide bonds. The van der Waals surface area contributed by atoms with Crippen LogP contribution in [0.25, 0.3) is 10.9 Å². The van der Waals surface area contributed by atoms with E-state index in [2.05, 4.69) is 36.3 Å². The van der Waals surface area contributed by atoms with Gasteiger partial charge in [0.2, 0.25) is 0 Å². The molecule has 2 N–H and O–H groups in total. The van der Waals surface area contributed by atoms with Crippen molar-refractivity contribution in [1.29, 1.82) is 0 Å². The SMILES string of the molecule is CCC(CO)Cc1c[nH]c2ccccc12. The summed E-state index contributed by atoms with van der Waals surface area (Å²) < 4.78 is 0.